The predicted molar refractivity (Wildman–Crippen MR) is 138 cm³/mol. The number of aryl methyl sites for hydroxylation is 1. The van der Waals surface area contributed by atoms with Gasteiger partial charge in [0, 0.05) is 5.39 Å². The molecule has 2 rings (SSSR count). The molecule has 0 saturated heterocycles. The minimum absolute atomic E-state index is 0. The molecule has 5 heteroatoms. The Kier molecular flexibility index (Phi) is 16.7. The first kappa shape index (κ1) is 31.3. The molecule has 0 saturated carbocycles. The van der Waals surface area contributed by atoms with Gasteiger partial charge in [-0.1, -0.05) is 121 Å². The van der Waals surface area contributed by atoms with Crippen molar-refractivity contribution >= 4 is 20.9 Å². The van der Waals surface area contributed by atoms with Crippen LogP contribution < -0.4 is 51.4 Å². The van der Waals surface area contributed by atoms with Gasteiger partial charge in [0.1, 0.15) is 4.90 Å². The first-order valence-corrected chi connectivity index (χ1v) is 14.4. The Hall–Kier alpha value is 0.246. The summed E-state index contributed by atoms with van der Waals surface area (Å²) in [5.74, 6) is 0. The number of benzene rings is 2. The minimum atomic E-state index is -4.28. The molecule has 0 amide bonds. The zero-order valence-corrected chi connectivity index (χ0v) is 25.3. The fourth-order valence-corrected chi connectivity index (χ4v) is 5.74. The monoisotopic (exact) mass is 500 g/mol. The summed E-state index contributed by atoms with van der Waals surface area (Å²) in [7, 11) is -4.28. The van der Waals surface area contributed by atoms with Crippen LogP contribution in [-0.4, -0.2) is 13.0 Å². The van der Waals surface area contributed by atoms with Crippen molar-refractivity contribution < 1.29 is 65.8 Å². The molecule has 182 valence electrons. The van der Waals surface area contributed by atoms with Crippen molar-refractivity contribution in [3.63, 3.8) is 0 Å². The number of hydrogen-bond donors (Lipinski definition) is 1. The summed E-state index contributed by atoms with van der Waals surface area (Å²) in [5.41, 5.74) is 1.96. The summed E-state index contributed by atoms with van der Waals surface area (Å²) in [6.07, 6.45) is 18.6. The number of unbranched alkanes of at least 4 members (excludes halogenated alkanes) is 12. The molecule has 0 bridgehead atoms. The Labute approximate surface area is 247 Å². The van der Waals surface area contributed by atoms with Gasteiger partial charge in [-0.05, 0) is 42.2 Å². The first-order valence-electron chi connectivity index (χ1n) is 13.0. The van der Waals surface area contributed by atoms with Gasteiger partial charge in [-0.15, -0.1) is 0 Å². The summed E-state index contributed by atoms with van der Waals surface area (Å²) in [4.78, 5) is 0.152. The van der Waals surface area contributed by atoms with Crippen LogP contribution in [0.15, 0.2) is 35.2 Å². The second-order valence-corrected chi connectivity index (χ2v) is 10.6. The zero-order chi connectivity index (χ0) is 23.2. The molecule has 2 aromatic rings. The third-order valence-corrected chi connectivity index (χ3v) is 7.52. The Balaban J connectivity index is 0.00000544. The standard InChI is InChI=1S/C28H44O3S.K.H/c1-3-5-7-9-11-13-15-19-24-23-25-20-17-18-22-27(25)28(32(29,30)31)26(24)21-16-14-12-10-8-6-4-2;;/h17-18,20,22-23H,3-16,19,21H2,1-2H3,(H,29,30,31);;/q;+1;-1. The van der Waals surface area contributed by atoms with E-state index >= 15 is 0 Å². The molecule has 0 aromatic heterocycles. The molecule has 0 spiro atoms. The Bertz CT molecular complexity index is 915. The normalized spacial score (nSPS) is 11.6. The van der Waals surface area contributed by atoms with Crippen molar-refractivity contribution in [3.8, 4) is 0 Å². The van der Waals surface area contributed by atoms with Crippen molar-refractivity contribution in [3.05, 3.63) is 41.5 Å². The van der Waals surface area contributed by atoms with Gasteiger partial charge < -0.3 is 1.43 Å². The van der Waals surface area contributed by atoms with E-state index in [1.807, 2.05) is 24.3 Å². The fourth-order valence-electron chi connectivity index (χ4n) is 4.74. The van der Waals surface area contributed by atoms with E-state index in [2.05, 4.69) is 19.9 Å². The third-order valence-electron chi connectivity index (χ3n) is 6.53. The Morgan fingerprint density at radius 3 is 1.76 bits per heavy atom. The van der Waals surface area contributed by atoms with Crippen LogP contribution >= 0.6 is 0 Å². The molecular formula is C28H45KO3S. The van der Waals surface area contributed by atoms with E-state index in [0.29, 0.717) is 5.39 Å². The van der Waals surface area contributed by atoms with Gasteiger partial charge in [0.05, 0.1) is 0 Å². The van der Waals surface area contributed by atoms with Crippen molar-refractivity contribution in [1.82, 2.24) is 0 Å². The van der Waals surface area contributed by atoms with Crippen LogP contribution in [0.3, 0.4) is 0 Å². The van der Waals surface area contributed by atoms with E-state index in [9.17, 15) is 13.0 Å². The maximum atomic E-state index is 12.5. The predicted octanol–water partition coefficient (Wildman–Crippen LogP) is 5.79. The minimum Gasteiger partial charge on any atom is -1.00 e. The molecule has 0 radical (unpaired) electrons. The quantitative estimate of drug-likeness (QED) is 0.170. The van der Waals surface area contributed by atoms with Crippen LogP contribution in [0.1, 0.15) is 116 Å². The van der Waals surface area contributed by atoms with E-state index in [1.54, 1.807) is 0 Å². The van der Waals surface area contributed by atoms with Crippen molar-refractivity contribution in [2.45, 2.75) is 121 Å². The van der Waals surface area contributed by atoms with Crippen molar-refractivity contribution in [2.24, 2.45) is 0 Å². The van der Waals surface area contributed by atoms with Crippen LogP contribution in [0, 0.1) is 0 Å². The number of fused-ring (bicyclic) bond motifs is 1. The number of hydrogen-bond acceptors (Lipinski definition) is 2. The largest absolute Gasteiger partial charge is 1.00 e. The number of rotatable bonds is 17. The second kappa shape index (κ2) is 17.6. The van der Waals surface area contributed by atoms with Crippen LogP contribution in [0.2, 0.25) is 0 Å². The third kappa shape index (κ3) is 11.2. The fraction of sp³-hybridized carbons (Fsp3) is 0.643. The van der Waals surface area contributed by atoms with Crippen LogP contribution in [0.25, 0.3) is 10.8 Å². The molecule has 0 heterocycles. The molecule has 2 aromatic carbocycles. The average Bonchev–Trinajstić information content (AvgIpc) is 2.76. The topological polar surface area (TPSA) is 54.4 Å². The Morgan fingerprint density at radius 1 is 0.727 bits per heavy atom. The van der Waals surface area contributed by atoms with Gasteiger partial charge in [0.25, 0.3) is 10.1 Å². The summed E-state index contributed by atoms with van der Waals surface area (Å²) in [5, 5.41) is 1.55. The van der Waals surface area contributed by atoms with Gasteiger partial charge in [-0.2, -0.15) is 8.42 Å². The van der Waals surface area contributed by atoms with E-state index in [4.69, 9.17) is 0 Å². The van der Waals surface area contributed by atoms with Gasteiger partial charge in [-0.3, -0.25) is 4.55 Å². The summed E-state index contributed by atoms with van der Waals surface area (Å²) < 4.78 is 35.1. The Morgan fingerprint density at radius 2 is 1.21 bits per heavy atom. The SMILES string of the molecule is CCCCCCCCCc1cc2ccccc2c(S(=O)(=O)O)c1CCCCCCCCC.[H-].[K+]. The smallest absolute Gasteiger partial charge is 1.00 e. The second-order valence-electron chi connectivity index (χ2n) is 9.28. The molecule has 3 nitrogen and oxygen atoms in total. The van der Waals surface area contributed by atoms with Crippen molar-refractivity contribution in [2.75, 3.05) is 0 Å². The molecular weight excluding hydrogens is 455 g/mol. The molecule has 0 aliphatic rings. The molecule has 0 unspecified atom stereocenters. The molecule has 33 heavy (non-hydrogen) atoms. The molecule has 0 fully saturated rings. The van der Waals surface area contributed by atoms with E-state index in [1.165, 1.54) is 70.6 Å². The van der Waals surface area contributed by atoms with Crippen LogP contribution in [-0.2, 0) is 23.0 Å². The van der Waals surface area contributed by atoms with E-state index in [-0.39, 0.29) is 57.7 Å². The van der Waals surface area contributed by atoms with E-state index < -0.39 is 10.1 Å². The van der Waals surface area contributed by atoms with Gasteiger partial charge in [0.15, 0.2) is 0 Å². The van der Waals surface area contributed by atoms with Gasteiger partial charge in [0.2, 0.25) is 0 Å². The summed E-state index contributed by atoms with van der Waals surface area (Å²) >= 11 is 0. The van der Waals surface area contributed by atoms with E-state index in [0.717, 1.165) is 48.6 Å². The first-order chi connectivity index (χ1) is 15.5. The zero-order valence-electron chi connectivity index (χ0n) is 22.4. The molecule has 0 atom stereocenters. The van der Waals surface area contributed by atoms with Gasteiger partial charge in [-0.25, -0.2) is 0 Å². The molecule has 0 aliphatic heterocycles. The molecule has 0 aliphatic carbocycles. The summed E-state index contributed by atoms with van der Waals surface area (Å²) in [6, 6.07) is 9.73. The van der Waals surface area contributed by atoms with Gasteiger partial charge >= 0.3 is 51.4 Å². The maximum absolute atomic E-state index is 12.5. The average molecular weight is 501 g/mol. The maximum Gasteiger partial charge on any atom is 1.00 e. The van der Waals surface area contributed by atoms with Crippen LogP contribution in [0.4, 0.5) is 0 Å². The summed E-state index contributed by atoms with van der Waals surface area (Å²) in [6.45, 7) is 4.46. The molecule has 1 N–H and O–H groups in total. The van der Waals surface area contributed by atoms with Crippen LogP contribution in [0.5, 0.6) is 0 Å². The van der Waals surface area contributed by atoms with Crippen molar-refractivity contribution in [1.29, 1.82) is 0 Å².